The Hall–Kier alpha value is -2.37. The van der Waals surface area contributed by atoms with Crippen LogP contribution in [-0.2, 0) is 0 Å². The van der Waals surface area contributed by atoms with Gasteiger partial charge in [0.2, 0.25) is 0 Å². The molecule has 3 rings (SSSR count). The van der Waals surface area contributed by atoms with Crippen LogP contribution >= 0.6 is 0 Å². The number of halogens is 2. The Balaban J connectivity index is 2.21. The number of fused-ring (bicyclic) bond motifs is 1. The molecular formula is C16H13F2N3. The van der Waals surface area contributed by atoms with Crippen molar-refractivity contribution < 1.29 is 8.78 Å². The second-order valence-corrected chi connectivity index (χ2v) is 4.71. The molecular weight excluding hydrogens is 272 g/mol. The van der Waals surface area contributed by atoms with Crippen molar-refractivity contribution in [2.24, 2.45) is 5.84 Å². The molecule has 21 heavy (non-hydrogen) atoms. The van der Waals surface area contributed by atoms with Crippen LogP contribution in [0.1, 0.15) is 17.2 Å². The largest absolute Gasteiger partial charge is 0.271 e. The number of hydrazine groups is 1. The van der Waals surface area contributed by atoms with Crippen molar-refractivity contribution in [1.82, 2.24) is 10.4 Å². The van der Waals surface area contributed by atoms with Crippen LogP contribution in [0.2, 0.25) is 0 Å². The SMILES string of the molecule is NNC(c1cc(F)ccc1F)c1cccc2ccncc12. The van der Waals surface area contributed by atoms with Crippen molar-refractivity contribution in [2.45, 2.75) is 6.04 Å². The monoisotopic (exact) mass is 285 g/mol. The van der Waals surface area contributed by atoms with E-state index in [2.05, 4.69) is 10.4 Å². The van der Waals surface area contributed by atoms with Gasteiger partial charge in [-0.25, -0.2) is 14.2 Å². The minimum absolute atomic E-state index is 0.161. The van der Waals surface area contributed by atoms with Gasteiger partial charge in [0.25, 0.3) is 0 Å². The Morgan fingerprint density at radius 1 is 1.05 bits per heavy atom. The summed E-state index contributed by atoms with van der Waals surface area (Å²) in [7, 11) is 0. The zero-order chi connectivity index (χ0) is 14.8. The molecule has 0 radical (unpaired) electrons. The maximum Gasteiger partial charge on any atom is 0.128 e. The number of nitrogens with zero attached hydrogens (tertiary/aromatic N) is 1. The quantitative estimate of drug-likeness (QED) is 0.574. The molecule has 5 heteroatoms. The van der Waals surface area contributed by atoms with Gasteiger partial charge < -0.3 is 0 Å². The van der Waals surface area contributed by atoms with E-state index in [1.165, 1.54) is 0 Å². The maximum atomic E-state index is 14.0. The minimum atomic E-state index is -0.659. The predicted octanol–water partition coefficient (Wildman–Crippen LogP) is 3.07. The number of benzene rings is 2. The lowest BCUT2D eigenvalue weighted by molar-refractivity contribution is 0.547. The maximum absolute atomic E-state index is 14.0. The standard InChI is InChI=1S/C16H13F2N3/c17-11-4-5-15(18)13(8-11)16(21-19)12-3-1-2-10-6-7-20-9-14(10)12/h1-9,16,21H,19H2. The molecule has 0 aliphatic heterocycles. The first-order chi connectivity index (χ1) is 10.2. The van der Waals surface area contributed by atoms with Gasteiger partial charge in [0.15, 0.2) is 0 Å². The van der Waals surface area contributed by atoms with Crippen LogP contribution in [0.25, 0.3) is 10.8 Å². The molecule has 0 saturated carbocycles. The molecule has 3 aromatic rings. The molecule has 0 spiro atoms. The molecule has 1 atom stereocenters. The van der Waals surface area contributed by atoms with E-state index in [1.807, 2.05) is 24.3 Å². The van der Waals surface area contributed by atoms with Crippen molar-refractivity contribution in [1.29, 1.82) is 0 Å². The van der Waals surface area contributed by atoms with Crippen molar-refractivity contribution >= 4 is 10.8 Å². The van der Waals surface area contributed by atoms with E-state index in [9.17, 15) is 8.78 Å². The molecule has 0 fully saturated rings. The Morgan fingerprint density at radius 2 is 1.90 bits per heavy atom. The number of nitrogens with two attached hydrogens (primary N) is 1. The van der Waals surface area contributed by atoms with Crippen LogP contribution in [0.4, 0.5) is 8.78 Å². The summed E-state index contributed by atoms with van der Waals surface area (Å²) in [6.07, 6.45) is 3.37. The van der Waals surface area contributed by atoms with Gasteiger partial charge in [-0.05, 0) is 35.2 Å². The topological polar surface area (TPSA) is 50.9 Å². The van der Waals surface area contributed by atoms with Gasteiger partial charge >= 0.3 is 0 Å². The molecule has 3 N–H and O–H groups in total. The molecule has 1 heterocycles. The minimum Gasteiger partial charge on any atom is -0.271 e. The van der Waals surface area contributed by atoms with E-state index in [4.69, 9.17) is 5.84 Å². The lowest BCUT2D eigenvalue weighted by Crippen LogP contribution is -2.29. The molecule has 3 nitrogen and oxygen atoms in total. The highest BCUT2D eigenvalue weighted by atomic mass is 19.1. The molecule has 106 valence electrons. The molecule has 0 aliphatic rings. The molecule has 0 amide bonds. The fourth-order valence-electron chi connectivity index (χ4n) is 2.47. The molecule has 0 saturated heterocycles. The molecule has 2 aromatic carbocycles. The fourth-order valence-corrected chi connectivity index (χ4v) is 2.47. The van der Waals surface area contributed by atoms with Crippen molar-refractivity contribution in [3.8, 4) is 0 Å². The molecule has 1 aromatic heterocycles. The van der Waals surface area contributed by atoms with Crippen molar-refractivity contribution in [2.75, 3.05) is 0 Å². The van der Waals surface area contributed by atoms with Crippen LogP contribution in [0, 0.1) is 11.6 Å². The first kappa shape index (κ1) is 13.6. The zero-order valence-electron chi connectivity index (χ0n) is 11.1. The highest BCUT2D eigenvalue weighted by Gasteiger charge is 2.19. The Labute approximate surface area is 120 Å². The van der Waals surface area contributed by atoms with Crippen molar-refractivity contribution in [3.05, 3.63) is 77.6 Å². The van der Waals surface area contributed by atoms with Crippen LogP contribution < -0.4 is 11.3 Å². The van der Waals surface area contributed by atoms with E-state index >= 15 is 0 Å². The third-order valence-electron chi connectivity index (χ3n) is 3.46. The van der Waals surface area contributed by atoms with E-state index in [0.717, 1.165) is 34.5 Å². The highest BCUT2D eigenvalue weighted by molar-refractivity contribution is 5.85. The average Bonchev–Trinajstić information content (AvgIpc) is 2.51. The van der Waals surface area contributed by atoms with Crippen molar-refractivity contribution in [3.63, 3.8) is 0 Å². The first-order valence-electron chi connectivity index (χ1n) is 6.44. The smallest absolute Gasteiger partial charge is 0.128 e. The summed E-state index contributed by atoms with van der Waals surface area (Å²) in [5.41, 5.74) is 3.46. The summed E-state index contributed by atoms with van der Waals surface area (Å²) in [5.74, 6) is 4.56. The second kappa shape index (κ2) is 5.55. The van der Waals surface area contributed by atoms with Gasteiger partial charge in [-0.1, -0.05) is 18.2 Å². The Morgan fingerprint density at radius 3 is 2.71 bits per heavy atom. The molecule has 0 bridgehead atoms. The van der Waals surface area contributed by atoms with Gasteiger partial charge in [-0.15, -0.1) is 0 Å². The normalized spacial score (nSPS) is 12.5. The fraction of sp³-hybridized carbons (Fsp3) is 0.0625. The van der Waals surface area contributed by atoms with Gasteiger partial charge in [0, 0.05) is 23.3 Å². The van der Waals surface area contributed by atoms with E-state index in [-0.39, 0.29) is 5.56 Å². The lowest BCUT2D eigenvalue weighted by Gasteiger charge is -2.19. The number of hydrogen-bond acceptors (Lipinski definition) is 3. The van der Waals surface area contributed by atoms with E-state index in [0.29, 0.717) is 0 Å². The predicted molar refractivity (Wildman–Crippen MR) is 77.3 cm³/mol. The van der Waals surface area contributed by atoms with Crippen LogP contribution in [-0.4, -0.2) is 4.98 Å². The summed E-state index contributed by atoms with van der Waals surface area (Å²) in [6, 6.07) is 10.1. The summed E-state index contributed by atoms with van der Waals surface area (Å²) in [5, 5.41) is 1.80. The zero-order valence-corrected chi connectivity index (χ0v) is 11.1. The second-order valence-electron chi connectivity index (χ2n) is 4.71. The number of nitrogens with one attached hydrogen (secondary N) is 1. The summed E-state index contributed by atoms with van der Waals surface area (Å²) in [4.78, 5) is 4.09. The number of hydrogen-bond donors (Lipinski definition) is 2. The van der Waals surface area contributed by atoms with Crippen LogP contribution in [0.5, 0.6) is 0 Å². The summed E-state index contributed by atoms with van der Waals surface area (Å²) < 4.78 is 27.4. The van der Waals surface area contributed by atoms with Gasteiger partial charge in [-0.3, -0.25) is 10.8 Å². The van der Waals surface area contributed by atoms with Crippen LogP contribution in [0.3, 0.4) is 0 Å². The number of aromatic nitrogens is 1. The Bertz CT molecular complexity index is 784. The first-order valence-corrected chi connectivity index (χ1v) is 6.44. The van der Waals surface area contributed by atoms with E-state index in [1.54, 1.807) is 12.4 Å². The Kier molecular flexibility index (Phi) is 3.60. The summed E-state index contributed by atoms with van der Waals surface area (Å²) >= 11 is 0. The van der Waals surface area contributed by atoms with Gasteiger partial charge in [0.1, 0.15) is 11.6 Å². The lowest BCUT2D eigenvalue weighted by atomic mass is 9.94. The molecule has 1 unspecified atom stereocenters. The average molecular weight is 285 g/mol. The number of rotatable bonds is 3. The van der Waals surface area contributed by atoms with Gasteiger partial charge in [-0.2, -0.15) is 0 Å². The van der Waals surface area contributed by atoms with Crippen LogP contribution in [0.15, 0.2) is 54.9 Å². The highest BCUT2D eigenvalue weighted by Crippen LogP contribution is 2.29. The molecule has 0 aliphatic carbocycles. The van der Waals surface area contributed by atoms with Gasteiger partial charge in [0.05, 0.1) is 6.04 Å². The van der Waals surface area contributed by atoms with E-state index < -0.39 is 17.7 Å². The number of pyridine rings is 1. The summed E-state index contributed by atoms with van der Waals surface area (Å²) in [6.45, 7) is 0. The third-order valence-corrected chi connectivity index (χ3v) is 3.46. The third kappa shape index (κ3) is 2.49.